The molecule has 4 rings (SSSR count). The van der Waals surface area contributed by atoms with E-state index < -0.39 is 0 Å². The summed E-state index contributed by atoms with van der Waals surface area (Å²) < 4.78 is 12.9. The van der Waals surface area contributed by atoms with Crippen LogP contribution in [-0.4, -0.2) is 58.7 Å². The number of aromatic nitrogens is 2. The van der Waals surface area contributed by atoms with Crippen molar-refractivity contribution in [1.82, 2.24) is 15.1 Å². The number of nitrogens with zero attached hydrogens (tertiary/aromatic N) is 3. The number of aromatic hydroxyl groups is 1. The van der Waals surface area contributed by atoms with Gasteiger partial charge < -0.3 is 10.0 Å². The van der Waals surface area contributed by atoms with Gasteiger partial charge in [0.25, 0.3) is 0 Å². The number of piperazine rings is 1. The lowest BCUT2D eigenvalue weighted by Gasteiger charge is -2.35. The second-order valence-corrected chi connectivity index (χ2v) is 7.14. The molecular formula is C21H23FN4O2. The Morgan fingerprint density at radius 2 is 1.86 bits per heavy atom. The summed E-state index contributed by atoms with van der Waals surface area (Å²) in [6.07, 6.45) is 1.26. The first-order valence-electron chi connectivity index (χ1n) is 9.53. The molecule has 2 aromatic carbocycles. The molecule has 0 aliphatic carbocycles. The van der Waals surface area contributed by atoms with E-state index >= 15 is 0 Å². The van der Waals surface area contributed by atoms with E-state index in [2.05, 4.69) is 20.0 Å². The minimum Gasteiger partial charge on any atom is -0.508 e. The van der Waals surface area contributed by atoms with Gasteiger partial charge in [-0.15, -0.1) is 0 Å². The van der Waals surface area contributed by atoms with Gasteiger partial charge in [-0.05, 0) is 49.4 Å². The first-order chi connectivity index (χ1) is 13.6. The predicted octanol–water partition coefficient (Wildman–Crippen LogP) is 3.19. The Bertz CT molecular complexity index is 962. The standard InChI is InChI=1S/C21H23FN4O2/c22-16-5-3-15(4-6-16)20(28)2-1-9-25-10-12-26(13-11-25)21-18-8-7-17(27)14-19(18)23-24-21/h3-8,14,27H,1-2,9-13H2,(H,23,24). The van der Waals surface area contributed by atoms with Gasteiger partial charge in [0.05, 0.1) is 5.52 Å². The minimum atomic E-state index is -0.323. The van der Waals surface area contributed by atoms with E-state index in [1.165, 1.54) is 12.1 Å². The van der Waals surface area contributed by atoms with Crippen molar-refractivity contribution in [2.45, 2.75) is 12.8 Å². The molecule has 3 aromatic rings. The molecule has 0 radical (unpaired) electrons. The third-order valence-electron chi connectivity index (χ3n) is 5.24. The maximum atomic E-state index is 12.9. The fourth-order valence-corrected chi connectivity index (χ4v) is 3.66. The van der Waals surface area contributed by atoms with Gasteiger partial charge in [-0.25, -0.2) is 4.39 Å². The van der Waals surface area contributed by atoms with E-state index in [-0.39, 0.29) is 17.3 Å². The Kier molecular flexibility index (Phi) is 5.25. The summed E-state index contributed by atoms with van der Waals surface area (Å²) in [6, 6.07) is 11.0. The number of benzene rings is 2. The van der Waals surface area contributed by atoms with E-state index in [4.69, 9.17) is 0 Å². The highest BCUT2D eigenvalue weighted by atomic mass is 19.1. The number of halogens is 1. The Morgan fingerprint density at radius 3 is 2.61 bits per heavy atom. The topological polar surface area (TPSA) is 72.5 Å². The van der Waals surface area contributed by atoms with Crippen molar-refractivity contribution in [3.8, 4) is 5.75 Å². The number of rotatable bonds is 6. The van der Waals surface area contributed by atoms with Crippen molar-refractivity contribution in [1.29, 1.82) is 0 Å². The van der Waals surface area contributed by atoms with Gasteiger partial charge in [-0.3, -0.25) is 14.8 Å². The average Bonchev–Trinajstić information content (AvgIpc) is 3.12. The molecule has 1 saturated heterocycles. The highest BCUT2D eigenvalue weighted by Gasteiger charge is 2.20. The van der Waals surface area contributed by atoms with Crippen LogP contribution in [0, 0.1) is 5.82 Å². The molecule has 0 unspecified atom stereocenters. The van der Waals surface area contributed by atoms with Crippen LogP contribution >= 0.6 is 0 Å². The summed E-state index contributed by atoms with van der Waals surface area (Å²) in [6.45, 7) is 4.43. The van der Waals surface area contributed by atoms with E-state index in [0.717, 1.165) is 55.9 Å². The van der Waals surface area contributed by atoms with Crippen LogP contribution < -0.4 is 4.90 Å². The minimum absolute atomic E-state index is 0.0601. The molecule has 6 nitrogen and oxygen atoms in total. The summed E-state index contributed by atoms with van der Waals surface area (Å²) in [5, 5.41) is 18.0. The van der Waals surface area contributed by atoms with E-state index in [9.17, 15) is 14.3 Å². The number of phenols is 1. The Hall–Kier alpha value is -2.93. The van der Waals surface area contributed by atoms with Crippen molar-refractivity contribution in [2.24, 2.45) is 0 Å². The van der Waals surface area contributed by atoms with Crippen LogP contribution in [0.25, 0.3) is 10.9 Å². The fraction of sp³-hybridized carbons (Fsp3) is 0.333. The number of carbonyl (C=O) groups excluding carboxylic acids is 1. The fourth-order valence-electron chi connectivity index (χ4n) is 3.66. The molecule has 7 heteroatoms. The Labute approximate surface area is 162 Å². The monoisotopic (exact) mass is 382 g/mol. The molecule has 0 spiro atoms. The molecule has 1 aromatic heterocycles. The first kappa shape index (κ1) is 18.4. The summed E-state index contributed by atoms with van der Waals surface area (Å²) in [4.78, 5) is 16.8. The molecule has 1 aliphatic rings. The number of H-pyrrole nitrogens is 1. The van der Waals surface area contributed by atoms with Crippen LogP contribution in [0.15, 0.2) is 42.5 Å². The number of phenolic OH excluding ortho intramolecular Hbond substituents is 1. The van der Waals surface area contributed by atoms with Crippen LogP contribution in [0.1, 0.15) is 23.2 Å². The molecule has 1 aliphatic heterocycles. The summed E-state index contributed by atoms with van der Waals surface area (Å²) >= 11 is 0. The summed E-state index contributed by atoms with van der Waals surface area (Å²) in [5.41, 5.74) is 1.40. The first-order valence-corrected chi connectivity index (χ1v) is 9.53. The lowest BCUT2D eigenvalue weighted by atomic mass is 10.1. The number of hydrogen-bond acceptors (Lipinski definition) is 5. The van der Waals surface area contributed by atoms with Crippen LogP contribution in [0.3, 0.4) is 0 Å². The van der Waals surface area contributed by atoms with Crippen molar-refractivity contribution in [2.75, 3.05) is 37.6 Å². The zero-order valence-corrected chi connectivity index (χ0v) is 15.6. The van der Waals surface area contributed by atoms with Gasteiger partial charge in [0.1, 0.15) is 11.6 Å². The van der Waals surface area contributed by atoms with Gasteiger partial charge in [-0.1, -0.05) is 0 Å². The summed E-state index contributed by atoms with van der Waals surface area (Å²) in [5.74, 6) is 0.879. The van der Waals surface area contributed by atoms with Crippen molar-refractivity contribution in [3.05, 3.63) is 53.8 Å². The SMILES string of the molecule is O=C(CCCN1CCN(c2n[nH]c3cc(O)ccc23)CC1)c1ccc(F)cc1. The number of hydrogen-bond donors (Lipinski definition) is 2. The molecule has 0 atom stereocenters. The molecule has 2 heterocycles. The molecule has 0 bridgehead atoms. The van der Waals surface area contributed by atoms with Crippen molar-refractivity contribution in [3.63, 3.8) is 0 Å². The molecule has 1 fully saturated rings. The number of aromatic amines is 1. The predicted molar refractivity (Wildman–Crippen MR) is 106 cm³/mol. The van der Waals surface area contributed by atoms with Gasteiger partial charge in [0.15, 0.2) is 11.6 Å². The number of anilines is 1. The van der Waals surface area contributed by atoms with Gasteiger partial charge in [0, 0.05) is 49.6 Å². The quantitative estimate of drug-likeness (QED) is 0.641. The van der Waals surface area contributed by atoms with Crippen LogP contribution in [0.5, 0.6) is 5.75 Å². The smallest absolute Gasteiger partial charge is 0.162 e. The van der Waals surface area contributed by atoms with E-state index in [1.807, 2.05) is 6.07 Å². The zero-order valence-electron chi connectivity index (χ0n) is 15.6. The van der Waals surface area contributed by atoms with E-state index in [1.54, 1.807) is 24.3 Å². The second-order valence-electron chi connectivity index (χ2n) is 7.14. The molecule has 0 amide bonds. The second kappa shape index (κ2) is 7.98. The molecule has 28 heavy (non-hydrogen) atoms. The lowest BCUT2D eigenvalue weighted by Crippen LogP contribution is -2.46. The highest BCUT2D eigenvalue weighted by Crippen LogP contribution is 2.27. The Balaban J connectivity index is 1.26. The number of carbonyl (C=O) groups is 1. The molecule has 2 N–H and O–H groups in total. The number of fused-ring (bicyclic) bond motifs is 1. The highest BCUT2D eigenvalue weighted by molar-refractivity contribution is 5.96. The maximum absolute atomic E-state index is 12.9. The van der Waals surface area contributed by atoms with Crippen LogP contribution in [0.4, 0.5) is 10.2 Å². The van der Waals surface area contributed by atoms with Crippen molar-refractivity contribution < 1.29 is 14.3 Å². The number of ketones is 1. The third kappa shape index (κ3) is 3.99. The molecular weight excluding hydrogens is 359 g/mol. The van der Waals surface area contributed by atoms with Gasteiger partial charge in [-0.2, -0.15) is 5.10 Å². The van der Waals surface area contributed by atoms with Gasteiger partial charge in [0.2, 0.25) is 0 Å². The number of Topliss-reactive ketones (excluding diaryl/α,β-unsaturated/α-hetero) is 1. The Morgan fingerprint density at radius 1 is 1.11 bits per heavy atom. The van der Waals surface area contributed by atoms with Crippen molar-refractivity contribution >= 4 is 22.5 Å². The van der Waals surface area contributed by atoms with E-state index in [0.29, 0.717) is 12.0 Å². The molecule has 146 valence electrons. The zero-order chi connectivity index (χ0) is 19.5. The molecule has 0 saturated carbocycles. The van der Waals surface area contributed by atoms with Gasteiger partial charge >= 0.3 is 0 Å². The van der Waals surface area contributed by atoms with Crippen LogP contribution in [-0.2, 0) is 0 Å². The maximum Gasteiger partial charge on any atom is 0.162 e. The van der Waals surface area contributed by atoms with Crippen LogP contribution in [0.2, 0.25) is 0 Å². The largest absolute Gasteiger partial charge is 0.508 e. The normalized spacial score (nSPS) is 15.2. The lowest BCUT2D eigenvalue weighted by molar-refractivity contribution is 0.0974. The number of nitrogens with one attached hydrogen (secondary N) is 1. The third-order valence-corrected chi connectivity index (χ3v) is 5.24. The summed E-state index contributed by atoms with van der Waals surface area (Å²) in [7, 11) is 0. The average molecular weight is 382 g/mol.